The van der Waals surface area contributed by atoms with E-state index in [0.29, 0.717) is 6.54 Å². The van der Waals surface area contributed by atoms with Crippen molar-refractivity contribution in [2.45, 2.75) is 32.2 Å². The smallest absolute Gasteiger partial charge is 0.319 e. The third-order valence-corrected chi connectivity index (χ3v) is 2.96. The van der Waals surface area contributed by atoms with Gasteiger partial charge in [-0.05, 0) is 44.9 Å². The van der Waals surface area contributed by atoms with Gasteiger partial charge in [0.1, 0.15) is 0 Å². The van der Waals surface area contributed by atoms with E-state index in [1.807, 2.05) is 31.2 Å². The van der Waals surface area contributed by atoms with Gasteiger partial charge in [0.05, 0.1) is 0 Å². The lowest BCUT2D eigenvalue weighted by molar-refractivity contribution is 0.252. The normalized spacial score (nSPS) is 14.3. The van der Waals surface area contributed by atoms with Gasteiger partial charge in [0, 0.05) is 18.3 Å². The molecule has 98 valence electrons. The molecule has 2 amide bonds. The lowest BCUT2D eigenvalue weighted by Crippen LogP contribution is -2.31. The third kappa shape index (κ3) is 4.75. The molecule has 1 aliphatic rings. The van der Waals surface area contributed by atoms with Crippen LogP contribution in [0.1, 0.15) is 24.8 Å². The van der Waals surface area contributed by atoms with Gasteiger partial charge in [0.25, 0.3) is 0 Å². The molecule has 0 atom stereocenters. The van der Waals surface area contributed by atoms with Crippen molar-refractivity contribution in [2.24, 2.45) is 0 Å². The van der Waals surface area contributed by atoms with Crippen molar-refractivity contribution in [1.82, 2.24) is 10.6 Å². The van der Waals surface area contributed by atoms with Gasteiger partial charge in [-0.3, -0.25) is 0 Å². The molecule has 1 saturated carbocycles. The summed E-state index contributed by atoms with van der Waals surface area (Å²) in [6, 6.07) is 8.38. The molecule has 4 nitrogen and oxygen atoms in total. The van der Waals surface area contributed by atoms with Crippen molar-refractivity contribution in [3.8, 4) is 0 Å². The molecule has 0 aromatic heterocycles. The summed E-state index contributed by atoms with van der Waals surface area (Å²) in [6.45, 7) is 3.71. The molecule has 0 heterocycles. The molecule has 0 saturated heterocycles. The minimum Gasteiger partial charge on any atom is -0.338 e. The van der Waals surface area contributed by atoms with Crippen molar-refractivity contribution in [3.05, 3.63) is 29.8 Å². The van der Waals surface area contributed by atoms with E-state index in [2.05, 4.69) is 16.0 Å². The Kier molecular flexibility index (Phi) is 4.59. The van der Waals surface area contributed by atoms with E-state index in [1.165, 1.54) is 18.4 Å². The Bertz CT molecular complexity index is 385. The molecule has 2 rings (SSSR count). The minimum absolute atomic E-state index is 0.134. The van der Waals surface area contributed by atoms with Crippen LogP contribution in [0.25, 0.3) is 0 Å². The molecule has 0 unspecified atom stereocenters. The van der Waals surface area contributed by atoms with E-state index in [1.54, 1.807) is 0 Å². The van der Waals surface area contributed by atoms with Crippen molar-refractivity contribution in [1.29, 1.82) is 0 Å². The second-order valence-electron chi connectivity index (χ2n) is 4.83. The summed E-state index contributed by atoms with van der Waals surface area (Å²) in [5.74, 6) is 0. The van der Waals surface area contributed by atoms with Gasteiger partial charge in [-0.1, -0.05) is 17.7 Å². The topological polar surface area (TPSA) is 53.2 Å². The van der Waals surface area contributed by atoms with Crippen LogP contribution < -0.4 is 16.0 Å². The van der Waals surface area contributed by atoms with Crippen LogP contribution in [-0.4, -0.2) is 25.2 Å². The lowest BCUT2D eigenvalue weighted by Gasteiger charge is -2.08. The van der Waals surface area contributed by atoms with Crippen LogP contribution in [0.15, 0.2) is 24.3 Å². The number of aryl methyl sites for hydroxylation is 1. The van der Waals surface area contributed by atoms with Gasteiger partial charge < -0.3 is 16.0 Å². The number of benzene rings is 1. The zero-order valence-corrected chi connectivity index (χ0v) is 10.8. The fourth-order valence-electron chi connectivity index (χ4n) is 1.70. The highest BCUT2D eigenvalue weighted by Crippen LogP contribution is 2.18. The fraction of sp³-hybridized carbons (Fsp3) is 0.500. The maximum atomic E-state index is 11.6. The molecule has 4 heteroatoms. The van der Waals surface area contributed by atoms with Gasteiger partial charge in [-0.2, -0.15) is 0 Å². The number of nitrogens with one attached hydrogen (secondary N) is 3. The minimum atomic E-state index is -0.134. The van der Waals surface area contributed by atoms with E-state index in [9.17, 15) is 4.79 Å². The molecule has 3 N–H and O–H groups in total. The highest BCUT2D eigenvalue weighted by atomic mass is 16.2. The molecule has 0 bridgehead atoms. The van der Waals surface area contributed by atoms with Crippen LogP contribution in [0.4, 0.5) is 10.5 Å². The summed E-state index contributed by atoms with van der Waals surface area (Å²) in [7, 11) is 0. The number of carbonyl (C=O) groups is 1. The van der Waals surface area contributed by atoms with Crippen LogP contribution in [0, 0.1) is 6.92 Å². The summed E-state index contributed by atoms with van der Waals surface area (Å²) in [6.07, 6.45) is 3.58. The third-order valence-electron chi connectivity index (χ3n) is 2.96. The summed E-state index contributed by atoms with van der Waals surface area (Å²) in [4.78, 5) is 11.6. The van der Waals surface area contributed by atoms with E-state index in [-0.39, 0.29) is 6.03 Å². The number of urea groups is 1. The van der Waals surface area contributed by atoms with Crippen molar-refractivity contribution < 1.29 is 4.79 Å². The molecular weight excluding hydrogens is 226 g/mol. The maximum absolute atomic E-state index is 11.6. The zero-order chi connectivity index (χ0) is 12.8. The monoisotopic (exact) mass is 247 g/mol. The van der Waals surface area contributed by atoms with Gasteiger partial charge >= 0.3 is 6.03 Å². The first-order valence-corrected chi connectivity index (χ1v) is 6.59. The number of hydrogen-bond acceptors (Lipinski definition) is 2. The van der Waals surface area contributed by atoms with Gasteiger partial charge in [0.2, 0.25) is 0 Å². The van der Waals surface area contributed by atoms with Gasteiger partial charge in [0.15, 0.2) is 0 Å². The summed E-state index contributed by atoms with van der Waals surface area (Å²) in [5.41, 5.74) is 2.02. The SMILES string of the molecule is Cc1ccc(NC(=O)NCCCNC2CC2)cc1. The summed E-state index contributed by atoms with van der Waals surface area (Å²) in [5, 5.41) is 9.08. The van der Waals surface area contributed by atoms with Crippen molar-refractivity contribution in [3.63, 3.8) is 0 Å². The summed E-state index contributed by atoms with van der Waals surface area (Å²) < 4.78 is 0. The van der Waals surface area contributed by atoms with E-state index in [0.717, 1.165) is 24.7 Å². The molecule has 1 aromatic carbocycles. The Morgan fingerprint density at radius 2 is 1.94 bits per heavy atom. The second-order valence-corrected chi connectivity index (χ2v) is 4.83. The Morgan fingerprint density at radius 1 is 1.22 bits per heavy atom. The van der Waals surface area contributed by atoms with Crippen LogP contribution in [0.5, 0.6) is 0 Å². The standard InChI is InChI=1S/C14H21N3O/c1-11-3-5-13(6-4-11)17-14(18)16-10-2-9-15-12-7-8-12/h3-6,12,15H,2,7-10H2,1H3,(H2,16,17,18). The Hall–Kier alpha value is -1.55. The summed E-state index contributed by atoms with van der Waals surface area (Å²) >= 11 is 0. The molecule has 18 heavy (non-hydrogen) atoms. The van der Waals surface area contributed by atoms with Gasteiger partial charge in [-0.25, -0.2) is 4.79 Å². The molecule has 1 fully saturated rings. The highest BCUT2D eigenvalue weighted by Gasteiger charge is 2.19. The molecule has 0 aliphatic heterocycles. The number of rotatable bonds is 6. The first-order chi connectivity index (χ1) is 8.74. The largest absolute Gasteiger partial charge is 0.338 e. The Morgan fingerprint density at radius 3 is 2.61 bits per heavy atom. The van der Waals surface area contributed by atoms with E-state index in [4.69, 9.17) is 0 Å². The van der Waals surface area contributed by atoms with Crippen LogP contribution in [-0.2, 0) is 0 Å². The van der Waals surface area contributed by atoms with E-state index < -0.39 is 0 Å². The first kappa shape index (κ1) is 12.9. The van der Waals surface area contributed by atoms with Crippen LogP contribution >= 0.6 is 0 Å². The maximum Gasteiger partial charge on any atom is 0.319 e. The highest BCUT2D eigenvalue weighted by molar-refractivity contribution is 5.89. The quantitative estimate of drug-likeness (QED) is 0.675. The average molecular weight is 247 g/mol. The number of anilines is 1. The second kappa shape index (κ2) is 6.40. The molecular formula is C14H21N3O. The number of hydrogen-bond donors (Lipinski definition) is 3. The van der Waals surface area contributed by atoms with Gasteiger partial charge in [-0.15, -0.1) is 0 Å². The zero-order valence-electron chi connectivity index (χ0n) is 10.8. The van der Waals surface area contributed by atoms with Crippen molar-refractivity contribution >= 4 is 11.7 Å². The molecule has 0 spiro atoms. The number of carbonyl (C=O) groups excluding carboxylic acids is 1. The Labute approximate surface area is 108 Å². The molecule has 0 radical (unpaired) electrons. The van der Waals surface area contributed by atoms with Crippen LogP contribution in [0.3, 0.4) is 0 Å². The predicted octanol–water partition coefficient (Wildman–Crippen LogP) is 2.26. The average Bonchev–Trinajstić information content (AvgIpc) is 3.16. The first-order valence-electron chi connectivity index (χ1n) is 6.59. The number of amides is 2. The lowest BCUT2D eigenvalue weighted by atomic mass is 10.2. The Balaban J connectivity index is 1.57. The fourth-order valence-corrected chi connectivity index (χ4v) is 1.70. The predicted molar refractivity (Wildman–Crippen MR) is 73.8 cm³/mol. The van der Waals surface area contributed by atoms with Crippen LogP contribution in [0.2, 0.25) is 0 Å². The van der Waals surface area contributed by atoms with E-state index >= 15 is 0 Å². The molecule has 1 aromatic rings. The molecule has 1 aliphatic carbocycles. The van der Waals surface area contributed by atoms with Crippen molar-refractivity contribution in [2.75, 3.05) is 18.4 Å².